The van der Waals surface area contributed by atoms with E-state index in [2.05, 4.69) is 0 Å². The average Bonchev–Trinajstić information content (AvgIpc) is 2.03. The maximum Gasteiger partial charge on any atom is 4.00 e. The van der Waals surface area contributed by atoms with Crippen LogP contribution in [0.1, 0.15) is 0 Å². The van der Waals surface area contributed by atoms with Crippen molar-refractivity contribution in [2.75, 3.05) is 0 Å². The first-order valence-corrected chi connectivity index (χ1v) is 0.894. The maximum absolute atomic E-state index is 6.25. The van der Waals surface area contributed by atoms with E-state index in [9.17, 15) is 0 Å². The molecule has 9 heavy (non-hydrogen) atoms. The van der Waals surface area contributed by atoms with Gasteiger partial charge in [0.15, 0.2) is 0 Å². The molecular weight excluding hydrogens is 203 g/mol. The molecule has 0 aliphatic carbocycles. The topological polar surface area (TPSA) is 185 Å². The molecule has 0 radical (unpaired) electrons. The van der Waals surface area contributed by atoms with Gasteiger partial charge in [-0.15, -0.1) is 0 Å². The second kappa shape index (κ2) is 559. The molecule has 0 unspecified atom stereocenters. The SMILES string of the molecule is [N-]=N.[N-]=N.[N-]=N.[N-]=N.[Zr+4]. The van der Waals surface area contributed by atoms with E-state index in [1.807, 2.05) is 0 Å². The Bertz CT molecular complexity index is 12.5. The van der Waals surface area contributed by atoms with Crippen molar-refractivity contribution in [3.8, 4) is 0 Å². The molecule has 8 nitrogen and oxygen atoms in total. The van der Waals surface area contributed by atoms with Crippen molar-refractivity contribution in [1.29, 1.82) is 22.1 Å². The molecule has 0 aromatic rings. The minimum Gasteiger partial charge on any atom is -0.715 e. The molecule has 0 bridgehead atoms. The minimum absolute atomic E-state index is 0. The summed E-state index contributed by atoms with van der Waals surface area (Å²) in [6.07, 6.45) is 0. The fraction of sp³-hybridized carbons (Fsp3) is 0. The van der Waals surface area contributed by atoms with Crippen LogP contribution in [0.3, 0.4) is 0 Å². The predicted octanol–water partition coefficient (Wildman–Crippen LogP) is 2.34. The molecule has 0 saturated carbocycles. The number of nitrogens with zero attached hydrogens (tertiary/aromatic N) is 4. The Labute approximate surface area is 70.7 Å². The zero-order valence-electron chi connectivity index (χ0n) is 4.29. The van der Waals surface area contributed by atoms with Gasteiger partial charge in [0.1, 0.15) is 0 Å². The minimum atomic E-state index is 0. The van der Waals surface area contributed by atoms with Crippen molar-refractivity contribution < 1.29 is 26.2 Å². The first-order valence-electron chi connectivity index (χ1n) is 0.894. The summed E-state index contributed by atoms with van der Waals surface area (Å²) in [5.41, 5.74) is 44.0. The smallest absolute Gasteiger partial charge is 0.715 e. The van der Waals surface area contributed by atoms with E-state index in [-0.39, 0.29) is 26.2 Å². The Hall–Kier alpha value is -0.717. The Kier molecular flexibility index (Phi) is 2530. The summed E-state index contributed by atoms with van der Waals surface area (Å²) in [7, 11) is 0. The van der Waals surface area contributed by atoms with E-state index in [1.165, 1.54) is 0 Å². The van der Waals surface area contributed by atoms with Crippen LogP contribution >= 0.6 is 0 Å². The zero-order valence-corrected chi connectivity index (χ0v) is 6.75. The quantitative estimate of drug-likeness (QED) is 0.425. The first-order chi connectivity index (χ1) is 4.00. The Morgan fingerprint density at radius 2 is 0.444 bits per heavy atom. The zero-order chi connectivity index (χ0) is 8.00. The van der Waals surface area contributed by atoms with Crippen molar-refractivity contribution in [3.63, 3.8) is 0 Å². The average molecular weight is 207 g/mol. The van der Waals surface area contributed by atoms with Crippen molar-refractivity contribution in [1.82, 2.24) is 0 Å². The Morgan fingerprint density at radius 3 is 0.444 bits per heavy atom. The normalized spacial score (nSPS) is 1.78. The summed E-state index contributed by atoms with van der Waals surface area (Å²) >= 11 is 0. The molecule has 0 aliphatic heterocycles. The van der Waals surface area contributed by atoms with Crippen molar-refractivity contribution in [2.45, 2.75) is 0 Å². The van der Waals surface area contributed by atoms with Gasteiger partial charge in [-0.3, -0.25) is 0 Å². The van der Waals surface area contributed by atoms with Crippen LogP contribution in [0, 0.1) is 22.1 Å². The second-order valence-electron chi connectivity index (χ2n) is 0. The van der Waals surface area contributed by atoms with Crippen LogP contribution in [-0.4, -0.2) is 0 Å². The third kappa shape index (κ3) is 396. The molecular formula is H4N8Zr. The first kappa shape index (κ1) is 40.8. The number of rotatable bonds is 0. The third-order valence-corrected chi connectivity index (χ3v) is 0. The van der Waals surface area contributed by atoms with Crippen LogP contribution in [0.2, 0.25) is 0 Å². The van der Waals surface area contributed by atoms with Crippen LogP contribution < -0.4 is 0 Å². The van der Waals surface area contributed by atoms with Gasteiger partial charge in [0, 0.05) is 0 Å². The van der Waals surface area contributed by atoms with E-state index in [0.29, 0.717) is 0 Å². The van der Waals surface area contributed by atoms with Gasteiger partial charge in [0.05, 0.1) is 0 Å². The fourth-order valence-electron chi connectivity index (χ4n) is 0. The van der Waals surface area contributed by atoms with E-state index in [4.69, 9.17) is 44.2 Å². The Morgan fingerprint density at radius 1 is 0.444 bits per heavy atom. The van der Waals surface area contributed by atoms with E-state index in [1.54, 1.807) is 0 Å². The molecule has 0 amide bonds. The summed E-state index contributed by atoms with van der Waals surface area (Å²) in [4.78, 5) is 0. The largest absolute Gasteiger partial charge is 4.00 e. The van der Waals surface area contributed by atoms with Crippen molar-refractivity contribution in [2.24, 2.45) is 0 Å². The molecule has 9 heteroatoms. The van der Waals surface area contributed by atoms with E-state index >= 15 is 0 Å². The molecule has 0 saturated heterocycles. The molecule has 0 heterocycles. The molecule has 0 aromatic heterocycles. The van der Waals surface area contributed by atoms with Gasteiger partial charge >= 0.3 is 26.2 Å². The molecule has 4 N–H and O–H groups in total. The third-order valence-electron chi connectivity index (χ3n) is 0. The van der Waals surface area contributed by atoms with Gasteiger partial charge < -0.3 is 44.2 Å². The molecule has 0 aromatic carbocycles. The van der Waals surface area contributed by atoms with Crippen LogP contribution in [0.4, 0.5) is 0 Å². The van der Waals surface area contributed by atoms with Gasteiger partial charge in [-0.25, -0.2) is 0 Å². The monoisotopic (exact) mass is 206 g/mol. The maximum atomic E-state index is 6.25. The van der Waals surface area contributed by atoms with Crippen molar-refractivity contribution in [3.05, 3.63) is 22.1 Å². The standard InChI is InChI=1S/4HN2.Zr/c4*1-2;/h4*1H;/q4*-1;+4. The predicted molar refractivity (Wildman–Crippen MR) is 24.3 cm³/mol. The van der Waals surface area contributed by atoms with Crippen LogP contribution in [0.15, 0.2) is 0 Å². The summed E-state index contributed by atoms with van der Waals surface area (Å²) in [5, 5.41) is 0. The molecule has 0 atom stereocenters. The van der Waals surface area contributed by atoms with Gasteiger partial charge in [-0.1, -0.05) is 0 Å². The summed E-state index contributed by atoms with van der Waals surface area (Å²) in [6.45, 7) is 0. The number of hydrogen-bond acceptors (Lipinski definition) is 4. The molecule has 0 spiro atoms. The number of nitrogens with one attached hydrogen (secondary N) is 4. The summed E-state index contributed by atoms with van der Waals surface area (Å²) < 4.78 is 0. The second-order valence-corrected chi connectivity index (χ2v) is 0. The van der Waals surface area contributed by atoms with Crippen LogP contribution in [0.25, 0.3) is 22.1 Å². The fourth-order valence-corrected chi connectivity index (χ4v) is 0. The van der Waals surface area contributed by atoms with Crippen LogP contribution in [-0.2, 0) is 26.2 Å². The van der Waals surface area contributed by atoms with Crippen molar-refractivity contribution >= 4 is 0 Å². The van der Waals surface area contributed by atoms with E-state index < -0.39 is 0 Å². The molecule has 0 fully saturated rings. The van der Waals surface area contributed by atoms with Gasteiger partial charge in [0.2, 0.25) is 0 Å². The van der Waals surface area contributed by atoms with Gasteiger partial charge in [-0.2, -0.15) is 0 Å². The summed E-state index contributed by atoms with van der Waals surface area (Å²) in [6, 6.07) is 0. The Balaban J connectivity index is -0.00000000762. The van der Waals surface area contributed by atoms with E-state index in [0.717, 1.165) is 0 Å². The van der Waals surface area contributed by atoms with Gasteiger partial charge in [0.25, 0.3) is 0 Å². The number of hydrogen-bond donors (Lipinski definition) is 4. The molecule has 48 valence electrons. The summed E-state index contributed by atoms with van der Waals surface area (Å²) in [5.74, 6) is 0. The molecule has 0 aliphatic rings. The molecule has 0 rings (SSSR count). The van der Waals surface area contributed by atoms with Crippen LogP contribution in [0.5, 0.6) is 0 Å². The van der Waals surface area contributed by atoms with Gasteiger partial charge in [-0.05, 0) is 0 Å².